The van der Waals surface area contributed by atoms with Gasteiger partial charge in [0.05, 0.1) is 11.4 Å². The van der Waals surface area contributed by atoms with Crippen molar-refractivity contribution in [2.45, 2.75) is 20.0 Å². The Balaban J connectivity index is 2.77. The summed E-state index contributed by atoms with van der Waals surface area (Å²) in [6.45, 7) is -0.662. The van der Waals surface area contributed by atoms with E-state index in [4.69, 9.17) is 10.8 Å². The van der Waals surface area contributed by atoms with Gasteiger partial charge in [0.15, 0.2) is 11.6 Å². The van der Waals surface area contributed by atoms with E-state index in [-0.39, 0.29) is 18.2 Å². The number of aliphatic hydroxyl groups excluding tert-OH is 1. The van der Waals surface area contributed by atoms with Gasteiger partial charge in [-0.05, 0) is 12.3 Å². The Morgan fingerprint density at radius 1 is 1.42 bits per heavy atom. The van der Waals surface area contributed by atoms with Crippen LogP contribution in [0.1, 0.15) is 13.3 Å². The molecule has 0 saturated heterocycles. The van der Waals surface area contributed by atoms with E-state index < -0.39 is 18.2 Å². The van der Waals surface area contributed by atoms with Crippen molar-refractivity contribution >= 4 is 11.4 Å². The molecule has 4 nitrogen and oxygen atoms in total. The van der Waals surface area contributed by atoms with E-state index in [1.165, 1.54) is 0 Å². The Hall–Kier alpha value is -1.63. The van der Waals surface area contributed by atoms with Gasteiger partial charge >= 0.3 is 6.61 Å². The number of nitrogens with two attached hydrogens (primary N) is 1. The van der Waals surface area contributed by atoms with Crippen molar-refractivity contribution in [1.29, 1.82) is 0 Å². The van der Waals surface area contributed by atoms with Crippen LogP contribution in [0, 0.1) is 11.7 Å². The van der Waals surface area contributed by atoms with Crippen LogP contribution in [-0.2, 0) is 0 Å². The number of aliphatic hydroxyl groups is 1. The topological polar surface area (TPSA) is 67.5 Å². The van der Waals surface area contributed by atoms with Gasteiger partial charge in [-0.2, -0.15) is 8.78 Å². The van der Waals surface area contributed by atoms with Gasteiger partial charge in [0, 0.05) is 25.3 Å². The smallest absolute Gasteiger partial charge is 0.387 e. The minimum Gasteiger partial charge on any atom is -0.432 e. The highest BCUT2D eigenvalue weighted by molar-refractivity contribution is 5.68. The molecule has 0 aromatic heterocycles. The van der Waals surface area contributed by atoms with Gasteiger partial charge in [-0.25, -0.2) is 4.39 Å². The first kappa shape index (κ1) is 15.4. The van der Waals surface area contributed by atoms with Crippen LogP contribution in [0.25, 0.3) is 0 Å². The third-order valence-electron chi connectivity index (χ3n) is 2.58. The first-order valence-corrected chi connectivity index (χ1v) is 5.82. The van der Waals surface area contributed by atoms with Crippen molar-refractivity contribution in [2.75, 3.05) is 24.2 Å². The Bertz CT molecular complexity index is 416. The molecule has 1 aromatic rings. The lowest BCUT2D eigenvalue weighted by Gasteiger charge is -2.15. The molecule has 1 aromatic carbocycles. The molecule has 0 heterocycles. The zero-order valence-corrected chi connectivity index (χ0v) is 10.5. The molecule has 0 amide bonds. The molecule has 1 rings (SSSR count). The average Bonchev–Trinajstić information content (AvgIpc) is 2.31. The summed E-state index contributed by atoms with van der Waals surface area (Å²) in [5.41, 5.74) is 6.01. The molecule has 0 aliphatic carbocycles. The number of halogens is 3. The quantitative estimate of drug-likeness (QED) is 0.670. The van der Waals surface area contributed by atoms with E-state index in [0.717, 1.165) is 12.1 Å². The largest absolute Gasteiger partial charge is 0.432 e. The van der Waals surface area contributed by atoms with E-state index in [2.05, 4.69) is 10.1 Å². The van der Waals surface area contributed by atoms with Crippen LogP contribution in [0.4, 0.5) is 24.5 Å². The number of hydrogen-bond acceptors (Lipinski definition) is 4. The number of nitrogens with one attached hydrogen (secondary N) is 1. The third-order valence-corrected chi connectivity index (χ3v) is 2.58. The highest BCUT2D eigenvalue weighted by atomic mass is 19.3. The van der Waals surface area contributed by atoms with Crippen LogP contribution < -0.4 is 15.8 Å². The molecule has 0 radical (unpaired) electrons. The molecule has 0 aliphatic rings. The van der Waals surface area contributed by atoms with Crippen LogP contribution in [0.5, 0.6) is 5.75 Å². The first-order chi connectivity index (χ1) is 8.93. The summed E-state index contributed by atoms with van der Waals surface area (Å²) in [6.07, 6.45) is 0.592. The Kier molecular flexibility index (Phi) is 5.75. The molecule has 0 saturated carbocycles. The number of rotatable bonds is 7. The number of benzene rings is 1. The summed E-state index contributed by atoms with van der Waals surface area (Å²) >= 11 is 0. The minimum atomic E-state index is -3.10. The summed E-state index contributed by atoms with van der Waals surface area (Å²) in [7, 11) is 0. The summed E-state index contributed by atoms with van der Waals surface area (Å²) < 4.78 is 41.5. The highest BCUT2D eigenvalue weighted by Crippen LogP contribution is 2.29. The van der Waals surface area contributed by atoms with Gasteiger partial charge in [-0.3, -0.25) is 0 Å². The standard InChI is InChI=1S/C12H17F3N2O2/c1-7(2-3-18)6-17-10-5-11(19-12(14)15)8(13)4-9(10)16/h4-5,7,12,17-18H,2-3,6,16H2,1H3. The van der Waals surface area contributed by atoms with Crippen molar-refractivity contribution in [3.8, 4) is 5.75 Å². The summed E-state index contributed by atoms with van der Waals surface area (Å²) in [5, 5.41) is 11.7. The normalized spacial score (nSPS) is 12.5. The van der Waals surface area contributed by atoms with E-state index in [0.29, 0.717) is 18.7 Å². The van der Waals surface area contributed by atoms with Gasteiger partial charge in [0.1, 0.15) is 0 Å². The Morgan fingerprint density at radius 3 is 2.68 bits per heavy atom. The van der Waals surface area contributed by atoms with Crippen LogP contribution in [0.2, 0.25) is 0 Å². The number of ether oxygens (including phenoxy) is 1. The molecule has 1 unspecified atom stereocenters. The monoisotopic (exact) mass is 278 g/mol. The molecular formula is C12H17F3N2O2. The Morgan fingerprint density at radius 2 is 2.11 bits per heavy atom. The zero-order valence-electron chi connectivity index (χ0n) is 10.5. The molecule has 0 fully saturated rings. The van der Waals surface area contributed by atoms with E-state index >= 15 is 0 Å². The van der Waals surface area contributed by atoms with E-state index in [1.807, 2.05) is 6.92 Å². The maximum atomic E-state index is 13.3. The van der Waals surface area contributed by atoms with Crippen molar-refractivity contribution < 1.29 is 23.0 Å². The zero-order chi connectivity index (χ0) is 14.4. The molecular weight excluding hydrogens is 261 g/mol. The second-order valence-electron chi connectivity index (χ2n) is 4.25. The Labute approximate surface area is 109 Å². The van der Waals surface area contributed by atoms with Crippen LogP contribution in [-0.4, -0.2) is 24.9 Å². The van der Waals surface area contributed by atoms with Gasteiger partial charge < -0.3 is 20.9 Å². The molecule has 19 heavy (non-hydrogen) atoms. The molecule has 1 atom stereocenters. The lowest BCUT2D eigenvalue weighted by molar-refractivity contribution is -0.0521. The number of anilines is 2. The van der Waals surface area contributed by atoms with Crippen molar-refractivity contribution in [3.05, 3.63) is 17.9 Å². The lowest BCUT2D eigenvalue weighted by Crippen LogP contribution is -2.14. The molecule has 7 heteroatoms. The number of alkyl halides is 2. The van der Waals surface area contributed by atoms with Gasteiger partial charge in [-0.1, -0.05) is 6.92 Å². The SMILES string of the molecule is CC(CCO)CNc1cc(OC(F)F)c(F)cc1N. The minimum absolute atomic E-state index is 0.0570. The van der Waals surface area contributed by atoms with E-state index in [1.54, 1.807) is 0 Å². The second-order valence-corrected chi connectivity index (χ2v) is 4.25. The maximum Gasteiger partial charge on any atom is 0.387 e. The van der Waals surface area contributed by atoms with Crippen LogP contribution in [0.3, 0.4) is 0 Å². The predicted octanol–water partition coefficient (Wildman–Crippen LogP) is 2.44. The molecule has 4 N–H and O–H groups in total. The lowest BCUT2D eigenvalue weighted by atomic mass is 10.1. The molecule has 0 spiro atoms. The van der Waals surface area contributed by atoms with Crippen molar-refractivity contribution in [2.24, 2.45) is 5.92 Å². The summed E-state index contributed by atoms with van der Waals surface area (Å²) in [4.78, 5) is 0. The van der Waals surface area contributed by atoms with Crippen LogP contribution >= 0.6 is 0 Å². The average molecular weight is 278 g/mol. The van der Waals surface area contributed by atoms with E-state index in [9.17, 15) is 13.2 Å². The van der Waals surface area contributed by atoms with Crippen molar-refractivity contribution in [3.63, 3.8) is 0 Å². The fourth-order valence-corrected chi connectivity index (χ4v) is 1.51. The van der Waals surface area contributed by atoms with Gasteiger partial charge in [0.25, 0.3) is 0 Å². The first-order valence-electron chi connectivity index (χ1n) is 5.82. The molecule has 108 valence electrons. The molecule has 0 aliphatic heterocycles. The summed E-state index contributed by atoms with van der Waals surface area (Å²) in [6, 6.07) is 2.03. The highest BCUT2D eigenvalue weighted by Gasteiger charge is 2.13. The number of hydrogen-bond donors (Lipinski definition) is 3. The van der Waals surface area contributed by atoms with Crippen molar-refractivity contribution in [1.82, 2.24) is 0 Å². The van der Waals surface area contributed by atoms with Crippen LogP contribution in [0.15, 0.2) is 12.1 Å². The predicted molar refractivity (Wildman–Crippen MR) is 66.8 cm³/mol. The summed E-state index contributed by atoms with van der Waals surface area (Å²) in [5.74, 6) is -1.33. The number of nitrogen functional groups attached to an aromatic ring is 1. The van der Waals surface area contributed by atoms with Gasteiger partial charge in [0.2, 0.25) is 0 Å². The molecule has 0 bridgehead atoms. The fraction of sp³-hybridized carbons (Fsp3) is 0.500. The maximum absolute atomic E-state index is 13.3. The third kappa shape index (κ3) is 4.86. The fourth-order valence-electron chi connectivity index (χ4n) is 1.51. The second kappa shape index (κ2) is 7.08. The van der Waals surface area contributed by atoms with Gasteiger partial charge in [-0.15, -0.1) is 0 Å².